The van der Waals surface area contributed by atoms with Gasteiger partial charge in [-0.05, 0) is 13.8 Å². The van der Waals surface area contributed by atoms with E-state index in [0.717, 1.165) is 31.4 Å². The normalized spacial score (nSPS) is 33.2. The summed E-state index contributed by atoms with van der Waals surface area (Å²) in [5.41, 5.74) is 11.0. The number of esters is 2. The van der Waals surface area contributed by atoms with Crippen molar-refractivity contribution >= 4 is 61.5 Å². The Morgan fingerprint density at radius 2 is 1.40 bits per heavy atom. The average Bonchev–Trinajstić information content (AvgIpc) is 3.94. The molecule has 0 saturated carbocycles. The Morgan fingerprint density at radius 3 is 2.04 bits per heavy atom. The van der Waals surface area contributed by atoms with E-state index in [9.17, 15) is 33.7 Å². The van der Waals surface area contributed by atoms with Gasteiger partial charge in [0.1, 0.15) is 60.6 Å². The Morgan fingerprint density at radius 1 is 0.842 bits per heavy atom. The lowest BCUT2D eigenvalue weighted by Gasteiger charge is -2.30. The van der Waals surface area contributed by atoms with Crippen molar-refractivity contribution in [1.29, 1.82) is 0 Å². The number of hydrogen-bond donors (Lipinski definition) is 7. The fourth-order valence-electron chi connectivity index (χ4n) is 6.39. The molecule has 7 heterocycles. The summed E-state index contributed by atoms with van der Waals surface area (Å²) >= 11 is 0. The summed E-state index contributed by atoms with van der Waals surface area (Å²) in [6.45, 7) is 1.00. The number of imidazole rings is 2. The molecule has 3 fully saturated rings. The number of rotatable bonds is 8. The van der Waals surface area contributed by atoms with Crippen LogP contribution < -0.4 is 27.2 Å². The molecule has 6 unspecified atom stereocenters. The molecular weight excluding hydrogens is 806 g/mol. The molecule has 0 amide bonds. The van der Waals surface area contributed by atoms with Crippen LogP contribution in [-0.2, 0) is 55.8 Å². The maximum atomic E-state index is 14.8. The van der Waals surface area contributed by atoms with Gasteiger partial charge in [-0.2, -0.15) is 4.98 Å². The largest absolute Gasteiger partial charge is 0.468 e. The van der Waals surface area contributed by atoms with Crippen LogP contribution in [0.5, 0.6) is 0 Å². The van der Waals surface area contributed by atoms with Crippen LogP contribution in [0.2, 0.25) is 0 Å². The lowest BCUT2D eigenvalue weighted by molar-refractivity contribution is -0.143. The zero-order valence-corrected chi connectivity index (χ0v) is 32.1. The number of nitrogens with zero attached hydrogens (tertiary/aromatic N) is 7. The van der Waals surface area contributed by atoms with Gasteiger partial charge in [0.25, 0.3) is 5.56 Å². The number of aliphatic hydroxyl groups is 2. The summed E-state index contributed by atoms with van der Waals surface area (Å²) in [6, 6.07) is -2.70. The number of ether oxygens (including phenoxy) is 4. The molecule has 3 saturated heterocycles. The van der Waals surface area contributed by atoms with E-state index in [-0.39, 0.29) is 34.1 Å². The van der Waals surface area contributed by atoms with Gasteiger partial charge in [0.05, 0.1) is 40.1 Å². The Bertz CT molecular complexity index is 2330. The van der Waals surface area contributed by atoms with Crippen molar-refractivity contribution in [3.8, 4) is 0 Å². The highest BCUT2D eigenvalue weighted by molar-refractivity contribution is 7.52. The van der Waals surface area contributed by atoms with E-state index in [2.05, 4.69) is 40.1 Å². The third-order valence-electron chi connectivity index (χ3n) is 9.16. The Labute approximate surface area is 319 Å². The van der Waals surface area contributed by atoms with E-state index in [1.165, 1.54) is 24.7 Å². The van der Waals surface area contributed by atoms with E-state index >= 15 is 0 Å². The number of anilines is 2. The topological polar surface area (TPSA) is 366 Å². The molecule has 9 N–H and O–H groups in total. The van der Waals surface area contributed by atoms with Gasteiger partial charge in [0, 0.05) is 0 Å². The first kappa shape index (κ1) is 40.7. The molecule has 3 aliphatic rings. The molecule has 0 spiro atoms. The molecular formula is C28H38N12O15P2. The summed E-state index contributed by atoms with van der Waals surface area (Å²) in [6.07, 6.45) is -9.37. The molecule has 310 valence electrons. The number of aliphatic hydroxyl groups excluding tert-OH is 2. The molecule has 2 bridgehead atoms. The predicted molar refractivity (Wildman–Crippen MR) is 188 cm³/mol. The number of nitrogens with one attached hydrogen (secondary N) is 3. The third-order valence-corrected chi connectivity index (χ3v) is 12.6. The van der Waals surface area contributed by atoms with Crippen LogP contribution in [-0.4, -0.2) is 137 Å². The number of aromatic amines is 1. The number of aromatic nitrogens is 8. The van der Waals surface area contributed by atoms with E-state index in [1.54, 1.807) is 0 Å². The highest BCUT2D eigenvalue weighted by Gasteiger charge is 2.55. The molecule has 12 atom stereocenters. The summed E-state index contributed by atoms with van der Waals surface area (Å²) in [4.78, 5) is 60.4. The minimum atomic E-state index is -4.87. The molecule has 0 aliphatic carbocycles. The molecule has 3 aliphatic heterocycles. The quantitative estimate of drug-likeness (QED) is 0.0743. The van der Waals surface area contributed by atoms with Crippen molar-refractivity contribution in [2.45, 2.75) is 75.0 Å². The van der Waals surface area contributed by atoms with Gasteiger partial charge in [-0.15, -0.1) is 0 Å². The van der Waals surface area contributed by atoms with Gasteiger partial charge in [0.2, 0.25) is 5.95 Å². The maximum absolute atomic E-state index is 14.8. The minimum Gasteiger partial charge on any atom is -0.468 e. The number of carbonyl (C=O) groups is 2. The Hall–Kier alpha value is -4.50. The predicted octanol–water partition coefficient (Wildman–Crippen LogP) is -2.02. The molecule has 7 rings (SSSR count). The summed E-state index contributed by atoms with van der Waals surface area (Å²) in [5.74, 6) is -2.05. The number of fused-ring (bicyclic) bond motifs is 5. The average molecular weight is 845 g/mol. The van der Waals surface area contributed by atoms with Crippen molar-refractivity contribution in [2.24, 2.45) is 0 Å². The lowest BCUT2D eigenvalue weighted by Crippen LogP contribution is -2.41. The zero-order chi connectivity index (χ0) is 41.0. The van der Waals surface area contributed by atoms with Gasteiger partial charge in [0.15, 0.2) is 35.1 Å². The first-order valence-electron chi connectivity index (χ1n) is 16.9. The lowest BCUT2D eigenvalue weighted by atomic mass is 10.1. The van der Waals surface area contributed by atoms with Crippen LogP contribution in [0.25, 0.3) is 22.3 Å². The SMILES string of the molecule is COC(=O)C(C)NP1(=O)OC[C@H]2O[C@@H](n3cnc4c(=O)[nH]c(N)nc43)[C@@H](OP(=O)(NC(C)C(=O)OC)OC[C@H]3O[C@@H](n4cnc5c(N)ncnc54)[C@@H](O)C3O1)C2O. The van der Waals surface area contributed by atoms with Gasteiger partial charge in [-0.3, -0.25) is 46.6 Å². The second kappa shape index (κ2) is 15.7. The summed E-state index contributed by atoms with van der Waals surface area (Å²) < 4.78 is 77.3. The molecule has 0 radical (unpaired) electrons. The molecule has 27 nitrogen and oxygen atoms in total. The van der Waals surface area contributed by atoms with E-state index in [1.807, 2.05) is 0 Å². The fraction of sp³-hybridized carbons (Fsp3) is 0.571. The first-order chi connectivity index (χ1) is 27.0. The standard InChI is InChI=1S/C28H38N12O15P2/c1-10(26(44)48-3)37-56(46)50-5-12-16(41)19(25(52-12)40-9-34-15-22(40)35-28(30)36-23(15)43)55-57(47,38-11(2)27(45)49-4)51-6-13-18(54-56)17(42)24(53-13)39-8-33-14-20(29)31-7-32-21(14)39/h7-13,16-19,24-25,41-42H,5-6H2,1-4H3,(H,37,46)(H,38,47)(H2,29,31,32)(H3,30,35,36,43)/t10?,11?,12-,13-,16?,17+,18?,19+,24-,25-,56?,57?/m1/s1. The molecule has 0 aromatic carbocycles. The number of methoxy groups -OCH3 is 2. The van der Waals surface area contributed by atoms with Crippen LogP contribution in [0.3, 0.4) is 0 Å². The van der Waals surface area contributed by atoms with Gasteiger partial charge >= 0.3 is 27.4 Å². The van der Waals surface area contributed by atoms with Gasteiger partial charge in [-0.25, -0.2) is 39.2 Å². The maximum Gasteiger partial charge on any atom is 0.406 e. The van der Waals surface area contributed by atoms with Crippen LogP contribution in [0.15, 0.2) is 23.8 Å². The smallest absolute Gasteiger partial charge is 0.406 e. The van der Waals surface area contributed by atoms with Crippen molar-refractivity contribution < 1.29 is 66.0 Å². The highest BCUT2D eigenvalue weighted by atomic mass is 31.2. The highest BCUT2D eigenvalue weighted by Crippen LogP contribution is 2.54. The van der Waals surface area contributed by atoms with Crippen LogP contribution in [0.4, 0.5) is 11.8 Å². The van der Waals surface area contributed by atoms with Crippen molar-refractivity contribution in [1.82, 2.24) is 49.2 Å². The summed E-state index contributed by atoms with van der Waals surface area (Å²) in [5, 5.41) is 28.3. The first-order valence-corrected chi connectivity index (χ1v) is 20.0. The van der Waals surface area contributed by atoms with Crippen LogP contribution in [0.1, 0.15) is 26.3 Å². The molecule has 4 aromatic rings. The molecule has 57 heavy (non-hydrogen) atoms. The van der Waals surface area contributed by atoms with Gasteiger partial charge < -0.3 is 40.6 Å². The Kier molecular flexibility index (Phi) is 11.2. The number of hydrogen-bond acceptors (Lipinski definition) is 22. The van der Waals surface area contributed by atoms with Crippen molar-refractivity contribution in [2.75, 3.05) is 38.9 Å². The third kappa shape index (κ3) is 7.76. The number of carbonyl (C=O) groups excluding carboxylic acids is 2. The van der Waals surface area contributed by atoms with Gasteiger partial charge in [-0.1, -0.05) is 0 Å². The fourth-order valence-corrected chi connectivity index (χ4v) is 9.75. The van der Waals surface area contributed by atoms with Crippen molar-refractivity contribution in [3.63, 3.8) is 0 Å². The van der Waals surface area contributed by atoms with E-state index < -0.39 is 107 Å². The van der Waals surface area contributed by atoms with E-state index in [0.29, 0.717) is 0 Å². The molecule has 4 aromatic heterocycles. The van der Waals surface area contributed by atoms with E-state index in [4.69, 9.17) is 48.5 Å². The zero-order valence-electron chi connectivity index (χ0n) is 30.3. The second-order valence-corrected chi connectivity index (χ2v) is 16.4. The monoisotopic (exact) mass is 844 g/mol. The number of nitrogen functional groups attached to an aromatic ring is 2. The summed E-state index contributed by atoms with van der Waals surface area (Å²) in [7, 11) is -7.51. The number of nitrogens with two attached hydrogens (primary N) is 2. The van der Waals surface area contributed by atoms with Crippen molar-refractivity contribution in [3.05, 3.63) is 29.3 Å². The Balaban J connectivity index is 1.31. The van der Waals surface area contributed by atoms with Crippen LogP contribution in [0, 0.1) is 0 Å². The number of H-pyrrole nitrogens is 1. The van der Waals surface area contributed by atoms with Crippen LogP contribution >= 0.6 is 15.5 Å². The molecule has 29 heteroatoms. The second-order valence-electron chi connectivity index (χ2n) is 12.9. The minimum absolute atomic E-state index is 0.0169.